The summed E-state index contributed by atoms with van der Waals surface area (Å²) in [6, 6.07) is 0. The van der Waals surface area contributed by atoms with Crippen molar-refractivity contribution in [3.8, 4) is 0 Å². The maximum absolute atomic E-state index is 3.36. The zero-order chi connectivity index (χ0) is 7.82. The van der Waals surface area contributed by atoms with Crippen LogP contribution in [-0.2, 0) is 0 Å². The molecule has 62 valence electrons. The van der Waals surface area contributed by atoms with Gasteiger partial charge in [0.25, 0.3) is 0 Å². The molecule has 10 heavy (non-hydrogen) atoms. The van der Waals surface area contributed by atoms with E-state index in [1.54, 1.807) is 0 Å². The van der Waals surface area contributed by atoms with Crippen LogP contribution < -0.4 is 5.32 Å². The molecule has 2 heteroatoms. The molecule has 0 saturated heterocycles. The predicted molar refractivity (Wildman–Crippen MR) is 46.3 cm³/mol. The summed E-state index contributed by atoms with van der Waals surface area (Å²) in [6.07, 6.45) is 2.50. The first-order valence-corrected chi connectivity index (χ1v) is 4.12. The van der Waals surface area contributed by atoms with Crippen molar-refractivity contribution in [2.75, 3.05) is 33.7 Å². The van der Waals surface area contributed by atoms with Crippen LogP contribution in [0.15, 0.2) is 0 Å². The van der Waals surface area contributed by atoms with E-state index in [0.29, 0.717) is 0 Å². The van der Waals surface area contributed by atoms with Gasteiger partial charge in [-0.25, -0.2) is 0 Å². The van der Waals surface area contributed by atoms with Crippen LogP contribution in [0.2, 0.25) is 0 Å². The third-order valence-electron chi connectivity index (χ3n) is 1.39. The highest BCUT2D eigenvalue weighted by Gasteiger charge is 1.88. The standard InChI is InChI=1S/C8H20N2/c1-4-6-9-7-5-8-10(2)3/h9H,4-8H2,1-3H3. The highest BCUT2D eigenvalue weighted by atomic mass is 15.0. The number of nitrogens with zero attached hydrogens (tertiary/aromatic N) is 1. The number of hydrogen-bond donors (Lipinski definition) is 1. The van der Waals surface area contributed by atoms with E-state index >= 15 is 0 Å². The minimum Gasteiger partial charge on any atom is -0.317 e. The molecule has 0 aliphatic heterocycles. The molecule has 1 N–H and O–H groups in total. The fourth-order valence-corrected chi connectivity index (χ4v) is 0.822. The Bertz CT molecular complexity index is 62.3. The lowest BCUT2D eigenvalue weighted by molar-refractivity contribution is 0.394. The van der Waals surface area contributed by atoms with Crippen molar-refractivity contribution in [2.45, 2.75) is 19.8 Å². The molecule has 0 bridgehead atoms. The van der Waals surface area contributed by atoms with E-state index in [9.17, 15) is 0 Å². The molecule has 0 aromatic carbocycles. The molecule has 0 atom stereocenters. The molecule has 0 rings (SSSR count). The van der Waals surface area contributed by atoms with Gasteiger partial charge in [-0.1, -0.05) is 6.92 Å². The van der Waals surface area contributed by atoms with Crippen LogP contribution >= 0.6 is 0 Å². The Morgan fingerprint density at radius 2 is 1.90 bits per heavy atom. The van der Waals surface area contributed by atoms with Gasteiger partial charge in [0.05, 0.1) is 0 Å². The van der Waals surface area contributed by atoms with E-state index in [4.69, 9.17) is 0 Å². The van der Waals surface area contributed by atoms with Gasteiger partial charge >= 0.3 is 0 Å². The average Bonchev–Trinajstić information content (AvgIpc) is 1.87. The summed E-state index contributed by atoms with van der Waals surface area (Å²) >= 11 is 0. The SMILES string of the molecule is CCCNCCCN(C)C. The fourth-order valence-electron chi connectivity index (χ4n) is 0.822. The largest absolute Gasteiger partial charge is 0.317 e. The van der Waals surface area contributed by atoms with Crippen molar-refractivity contribution >= 4 is 0 Å². The van der Waals surface area contributed by atoms with Crippen LogP contribution in [0.4, 0.5) is 0 Å². The molecule has 2 nitrogen and oxygen atoms in total. The fraction of sp³-hybridized carbons (Fsp3) is 1.00. The first kappa shape index (κ1) is 9.92. The van der Waals surface area contributed by atoms with Gasteiger partial charge in [-0.15, -0.1) is 0 Å². The molecule has 0 aromatic heterocycles. The minimum absolute atomic E-state index is 1.16. The molecular formula is C8H20N2. The first-order chi connectivity index (χ1) is 4.77. The Kier molecular flexibility index (Phi) is 6.98. The third kappa shape index (κ3) is 7.92. The highest BCUT2D eigenvalue weighted by Crippen LogP contribution is 1.80. The third-order valence-corrected chi connectivity index (χ3v) is 1.39. The zero-order valence-electron chi connectivity index (χ0n) is 7.48. The van der Waals surface area contributed by atoms with Gasteiger partial charge in [-0.05, 0) is 46.6 Å². The lowest BCUT2D eigenvalue weighted by Crippen LogP contribution is -2.21. The van der Waals surface area contributed by atoms with E-state index in [1.807, 2.05) is 0 Å². The lowest BCUT2D eigenvalue weighted by Gasteiger charge is -2.08. The molecule has 0 radical (unpaired) electrons. The minimum atomic E-state index is 1.16. The topological polar surface area (TPSA) is 15.3 Å². The molecular weight excluding hydrogens is 124 g/mol. The normalized spacial score (nSPS) is 10.8. The van der Waals surface area contributed by atoms with E-state index < -0.39 is 0 Å². The smallest absolute Gasteiger partial charge is 0.00127 e. The summed E-state index contributed by atoms with van der Waals surface area (Å²) in [5.74, 6) is 0. The molecule has 0 saturated carbocycles. The van der Waals surface area contributed by atoms with Gasteiger partial charge < -0.3 is 10.2 Å². The highest BCUT2D eigenvalue weighted by molar-refractivity contribution is 4.48. The Balaban J connectivity index is 2.77. The molecule has 0 amide bonds. The van der Waals surface area contributed by atoms with Gasteiger partial charge in [-0.3, -0.25) is 0 Å². The van der Waals surface area contributed by atoms with E-state index in [-0.39, 0.29) is 0 Å². The van der Waals surface area contributed by atoms with Crippen LogP contribution in [0.3, 0.4) is 0 Å². The quantitative estimate of drug-likeness (QED) is 0.558. The maximum atomic E-state index is 3.36. The molecule has 0 aliphatic rings. The monoisotopic (exact) mass is 144 g/mol. The maximum Gasteiger partial charge on any atom is -0.00127 e. The van der Waals surface area contributed by atoms with Gasteiger partial charge in [0, 0.05) is 0 Å². The van der Waals surface area contributed by atoms with Gasteiger partial charge in [0.1, 0.15) is 0 Å². The summed E-state index contributed by atoms with van der Waals surface area (Å²) in [6.45, 7) is 5.70. The summed E-state index contributed by atoms with van der Waals surface area (Å²) < 4.78 is 0. The molecule has 0 heterocycles. The van der Waals surface area contributed by atoms with Crippen LogP contribution in [0.1, 0.15) is 19.8 Å². The van der Waals surface area contributed by atoms with Crippen LogP contribution in [0.25, 0.3) is 0 Å². The number of nitrogens with one attached hydrogen (secondary N) is 1. The van der Waals surface area contributed by atoms with Crippen LogP contribution in [0, 0.1) is 0 Å². The number of hydrogen-bond acceptors (Lipinski definition) is 2. The number of rotatable bonds is 6. The molecule has 0 fully saturated rings. The van der Waals surface area contributed by atoms with Crippen LogP contribution in [0.5, 0.6) is 0 Å². The Labute approximate surface area is 64.6 Å². The predicted octanol–water partition coefficient (Wildman–Crippen LogP) is 0.938. The molecule has 0 spiro atoms. The zero-order valence-corrected chi connectivity index (χ0v) is 7.48. The van der Waals surface area contributed by atoms with E-state index in [1.165, 1.54) is 19.4 Å². The summed E-state index contributed by atoms with van der Waals surface area (Å²) in [7, 11) is 4.22. The Morgan fingerprint density at radius 1 is 1.20 bits per heavy atom. The van der Waals surface area contributed by atoms with E-state index in [2.05, 4.69) is 31.2 Å². The first-order valence-electron chi connectivity index (χ1n) is 4.12. The van der Waals surface area contributed by atoms with Crippen LogP contribution in [-0.4, -0.2) is 38.6 Å². The molecule has 0 unspecified atom stereocenters. The summed E-state index contributed by atoms with van der Waals surface area (Å²) in [4.78, 5) is 2.22. The van der Waals surface area contributed by atoms with Gasteiger partial charge in [-0.2, -0.15) is 0 Å². The Morgan fingerprint density at radius 3 is 2.40 bits per heavy atom. The molecule has 0 aliphatic carbocycles. The van der Waals surface area contributed by atoms with Gasteiger partial charge in [0.15, 0.2) is 0 Å². The van der Waals surface area contributed by atoms with Crippen molar-refractivity contribution in [3.63, 3.8) is 0 Å². The summed E-state index contributed by atoms with van der Waals surface area (Å²) in [5.41, 5.74) is 0. The van der Waals surface area contributed by atoms with Crippen molar-refractivity contribution < 1.29 is 0 Å². The second-order valence-electron chi connectivity index (χ2n) is 2.91. The lowest BCUT2D eigenvalue weighted by atomic mass is 10.4. The second-order valence-corrected chi connectivity index (χ2v) is 2.91. The Hall–Kier alpha value is -0.0800. The van der Waals surface area contributed by atoms with Gasteiger partial charge in [0.2, 0.25) is 0 Å². The summed E-state index contributed by atoms with van der Waals surface area (Å²) in [5, 5.41) is 3.36. The van der Waals surface area contributed by atoms with Crippen molar-refractivity contribution in [3.05, 3.63) is 0 Å². The molecule has 0 aromatic rings. The second kappa shape index (κ2) is 7.03. The van der Waals surface area contributed by atoms with Crippen molar-refractivity contribution in [1.82, 2.24) is 10.2 Å². The van der Waals surface area contributed by atoms with Crippen molar-refractivity contribution in [2.24, 2.45) is 0 Å². The average molecular weight is 144 g/mol. The van der Waals surface area contributed by atoms with E-state index in [0.717, 1.165) is 13.1 Å². The van der Waals surface area contributed by atoms with Crippen molar-refractivity contribution in [1.29, 1.82) is 0 Å².